The number of guanidine groups is 1. The van der Waals surface area contributed by atoms with Gasteiger partial charge >= 0.3 is 0 Å². The zero-order valence-corrected chi connectivity index (χ0v) is 17.4. The fraction of sp³-hybridized carbons (Fsp3) is 0.550. The Morgan fingerprint density at radius 2 is 2.10 bits per heavy atom. The highest BCUT2D eigenvalue weighted by Crippen LogP contribution is 2.20. The number of rotatable bonds is 7. The van der Waals surface area contributed by atoms with Crippen LogP contribution >= 0.6 is 0 Å². The van der Waals surface area contributed by atoms with Crippen molar-refractivity contribution in [3.05, 3.63) is 41.7 Å². The molecule has 0 atom stereocenters. The average molecular weight is 404 g/mol. The number of halogens is 1. The Hall–Kier alpha value is -2.68. The van der Waals surface area contributed by atoms with Crippen LogP contribution in [-0.2, 0) is 18.3 Å². The molecule has 0 saturated carbocycles. The number of aliphatic imine (C=N–C) groups is 1. The van der Waals surface area contributed by atoms with Crippen LogP contribution in [0.5, 0.6) is 0 Å². The van der Waals surface area contributed by atoms with Crippen LogP contribution in [-0.4, -0.2) is 60.1 Å². The van der Waals surface area contributed by atoms with Gasteiger partial charge in [-0.1, -0.05) is 6.07 Å². The topological polar surface area (TPSA) is 79.6 Å². The summed E-state index contributed by atoms with van der Waals surface area (Å²) in [6.07, 6.45) is 1.90. The summed E-state index contributed by atoms with van der Waals surface area (Å²) in [4.78, 5) is 6.90. The summed E-state index contributed by atoms with van der Waals surface area (Å²) < 4.78 is 20.6. The second-order valence-electron chi connectivity index (χ2n) is 7.19. The van der Waals surface area contributed by atoms with Gasteiger partial charge in [-0.2, -0.15) is 0 Å². The van der Waals surface area contributed by atoms with Crippen LogP contribution in [0.1, 0.15) is 24.5 Å². The molecule has 9 heteroatoms. The lowest BCUT2D eigenvalue weighted by atomic mass is 10.0. The van der Waals surface area contributed by atoms with Gasteiger partial charge in [0.25, 0.3) is 0 Å². The molecule has 2 N–H and O–H groups in total. The minimum absolute atomic E-state index is 0.196. The normalized spacial score (nSPS) is 15.6. The van der Waals surface area contributed by atoms with Crippen molar-refractivity contribution in [2.45, 2.75) is 32.4 Å². The fourth-order valence-corrected chi connectivity index (χ4v) is 3.31. The van der Waals surface area contributed by atoms with Crippen LogP contribution in [0.3, 0.4) is 0 Å². The lowest BCUT2D eigenvalue weighted by Gasteiger charge is -2.34. The summed E-state index contributed by atoms with van der Waals surface area (Å²) >= 11 is 0. The predicted octanol–water partition coefficient (Wildman–Crippen LogP) is 1.61. The maximum absolute atomic E-state index is 13.5. The van der Waals surface area contributed by atoms with E-state index in [0.29, 0.717) is 25.7 Å². The molecule has 1 fully saturated rings. The lowest BCUT2D eigenvalue weighted by Crippen LogP contribution is -2.49. The largest absolute Gasteiger partial charge is 0.383 e. The highest BCUT2D eigenvalue weighted by molar-refractivity contribution is 5.80. The lowest BCUT2D eigenvalue weighted by molar-refractivity contribution is 0.203. The van der Waals surface area contributed by atoms with E-state index in [1.165, 1.54) is 6.07 Å². The monoisotopic (exact) mass is 403 g/mol. The first-order valence-corrected chi connectivity index (χ1v) is 9.96. The second kappa shape index (κ2) is 10.2. The Balaban J connectivity index is 1.57. The number of benzene rings is 1. The van der Waals surface area contributed by atoms with Gasteiger partial charge in [-0.15, -0.1) is 10.2 Å². The van der Waals surface area contributed by atoms with Gasteiger partial charge < -0.3 is 24.8 Å². The molecule has 0 bridgehead atoms. The number of nitrogens with one attached hydrogen (secondary N) is 2. The van der Waals surface area contributed by atoms with E-state index in [-0.39, 0.29) is 5.82 Å². The van der Waals surface area contributed by atoms with Crippen molar-refractivity contribution in [2.24, 2.45) is 12.0 Å². The number of methoxy groups -OCH3 is 1. The SMILES string of the molecule is COCCNC(=NCc1nnc(C)n1C)NC1CCN(c2cccc(F)c2)CC1. The van der Waals surface area contributed by atoms with Gasteiger partial charge in [0.1, 0.15) is 18.2 Å². The molecule has 3 rings (SSSR count). The molecule has 158 valence electrons. The van der Waals surface area contributed by atoms with E-state index >= 15 is 0 Å². The Kier molecular flexibility index (Phi) is 7.40. The third-order valence-electron chi connectivity index (χ3n) is 5.17. The number of aromatic nitrogens is 3. The first-order chi connectivity index (χ1) is 14.1. The smallest absolute Gasteiger partial charge is 0.192 e. The summed E-state index contributed by atoms with van der Waals surface area (Å²) in [6.45, 7) is 5.37. The third kappa shape index (κ3) is 5.90. The quantitative estimate of drug-likeness (QED) is 0.415. The predicted molar refractivity (Wildman–Crippen MR) is 112 cm³/mol. The van der Waals surface area contributed by atoms with Crippen molar-refractivity contribution in [1.29, 1.82) is 0 Å². The molecule has 1 aromatic carbocycles. The van der Waals surface area contributed by atoms with Crippen LogP contribution in [0.25, 0.3) is 0 Å². The van der Waals surface area contributed by atoms with Crippen LogP contribution < -0.4 is 15.5 Å². The van der Waals surface area contributed by atoms with E-state index in [4.69, 9.17) is 4.74 Å². The number of ether oxygens (including phenoxy) is 1. The second-order valence-corrected chi connectivity index (χ2v) is 7.19. The number of aryl methyl sites for hydroxylation is 1. The molecule has 29 heavy (non-hydrogen) atoms. The molecule has 1 saturated heterocycles. The standard InChI is InChI=1S/C20H30FN7O/c1-15-25-26-19(27(15)2)14-23-20(22-9-12-29-3)24-17-7-10-28(11-8-17)18-6-4-5-16(21)13-18/h4-6,13,17H,7-12,14H2,1-3H3,(H2,22,23,24). The molecular weight excluding hydrogens is 373 g/mol. The van der Waals surface area contributed by atoms with Crippen molar-refractivity contribution in [2.75, 3.05) is 38.3 Å². The summed E-state index contributed by atoms with van der Waals surface area (Å²) in [5.41, 5.74) is 0.938. The molecule has 2 aromatic rings. The first kappa shape index (κ1) is 21.0. The van der Waals surface area contributed by atoms with Crippen molar-refractivity contribution >= 4 is 11.6 Å². The average Bonchev–Trinajstić information content (AvgIpc) is 3.04. The van der Waals surface area contributed by atoms with E-state index < -0.39 is 0 Å². The molecule has 1 aliphatic heterocycles. The van der Waals surface area contributed by atoms with E-state index in [2.05, 4.69) is 30.7 Å². The summed E-state index contributed by atoms with van der Waals surface area (Å²) in [5, 5.41) is 15.1. The van der Waals surface area contributed by atoms with E-state index in [0.717, 1.165) is 49.2 Å². The van der Waals surface area contributed by atoms with Crippen LogP contribution in [0, 0.1) is 12.7 Å². The molecule has 1 aromatic heterocycles. The Bertz CT molecular complexity index is 815. The first-order valence-electron chi connectivity index (χ1n) is 9.96. The van der Waals surface area contributed by atoms with Gasteiger partial charge in [0.15, 0.2) is 11.8 Å². The number of hydrogen-bond acceptors (Lipinski definition) is 5. The van der Waals surface area contributed by atoms with Gasteiger partial charge in [-0.25, -0.2) is 9.38 Å². The van der Waals surface area contributed by atoms with Crippen molar-refractivity contribution < 1.29 is 9.13 Å². The van der Waals surface area contributed by atoms with E-state index in [1.54, 1.807) is 19.2 Å². The molecule has 0 radical (unpaired) electrons. The molecule has 0 unspecified atom stereocenters. The molecule has 0 amide bonds. The maximum atomic E-state index is 13.5. The van der Waals surface area contributed by atoms with Crippen molar-refractivity contribution in [3.63, 3.8) is 0 Å². The summed E-state index contributed by atoms with van der Waals surface area (Å²) in [5.74, 6) is 2.23. The molecule has 0 aliphatic carbocycles. The summed E-state index contributed by atoms with van der Waals surface area (Å²) in [6, 6.07) is 7.09. The molecule has 1 aliphatic rings. The Morgan fingerprint density at radius 3 is 2.76 bits per heavy atom. The number of anilines is 1. The third-order valence-corrected chi connectivity index (χ3v) is 5.17. The van der Waals surface area contributed by atoms with Gasteiger partial charge in [0.05, 0.1) is 6.61 Å². The van der Waals surface area contributed by atoms with E-state index in [9.17, 15) is 4.39 Å². The number of hydrogen-bond donors (Lipinski definition) is 2. The van der Waals surface area contributed by atoms with Gasteiger partial charge in [-0.3, -0.25) is 0 Å². The molecule has 8 nitrogen and oxygen atoms in total. The maximum Gasteiger partial charge on any atom is 0.192 e. The van der Waals surface area contributed by atoms with Crippen molar-refractivity contribution in [1.82, 2.24) is 25.4 Å². The Morgan fingerprint density at radius 1 is 1.31 bits per heavy atom. The number of nitrogens with zero attached hydrogens (tertiary/aromatic N) is 5. The Labute approximate surface area is 171 Å². The zero-order chi connectivity index (χ0) is 20.6. The van der Waals surface area contributed by atoms with Gasteiger partial charge in [0.2, 0.25) is 0 Å². The fourth-order valence-electron chi connectivity index (χ4n) is 3.31. The van der Waals surface area contributed by atoms with Crippen molar-refractivity contribution in [3.8, 4) is 0 Å². The molecular formula is C20H30FN7O. The minimum Gasteiger partial charge on any atom is -0.383 e. The van der Waals surface area contributed by atoms with Gasteiger partial charge in [0, 0.05) is 45.5 Å². The molecule has 0 spiro atoms. The van der Waals surface area contributed by atoms with Crippen LogP contribution in [0.2, 0.25) is 0 Å². The molecule has 2 heterocycles. The minimum atomic E-state index is -0.196. The van der Waals surface area contributed by atoms with Gasteiger partial charge in [-0.05, 0) is 38.0 Å². The summed E-state index contributed by atoms with van der Waals surface area (Å²) in [7, 11) is 3.62. The van der Waals surface area contributed by atoms with Crippen LogP contribution in [0.15, 0.2) is 29.3 Å². The van der Waals surface area contributed by atoms with E-state index in [1.807, 2.05) is 24.6 Å². The van der Waals surface area contributed by atoms with Crippen LogP contribution in [0.4, 0.5) is 10.1 Å². The highest BCUT2D eigenvalue weighted by Gasteiger charge is 2.20. The highest BCUT2D eigenvalue weighted by atomic mass is 19.1. The number of piperidine rings is 1. The zero-order valence-electron chi connectivity index (χ0n) is 17.4.